The number of carbonyl (C=O) groups excluding carboxylic acids is 2. The maximum absolute atomic E-state index is 11.7. The molecule has 1 aromatic carbocycles. The van der Waals surface area contributed by atoms with Crippen molar-refractivity contribution in [3.8, 4) is 0 Å². The number of nitrogens with zero attached hydrogens (tertiary/aromatic N) is 1. The number of aldehydes is 1. The summed E-state index contributed by atoms with van der Waals surface area (Å²) >= 11 is 5.97. The van der Waals surface area contributed by atoms with Crippen molar-refractivity contribution in [1.82, 2.24) is 0 Å². The Morgan fingerprint density at radius 1 is 1.52 bits per heavy atom. The number of nitro groups is 1. The molecule has 0 radical (unpaired) electrons. The molecule has 0 aliphatic heterocycles. The molecular weight excluding hydrogens is 322 g/mol. The lowest BCUT2D eigenvalue weighted by atomic mass is 9.86. The van der Waals surface area contributed by atoms with E-state index in [1.165, 1.54) is 0 Å². The van der Waals surface area contributed by atoms with Gasteiger partial charge in [0.05, 0.1) is 18.9 Å². The number of ether oxygens (including phenoxy) is 1. The molecule has 0 spiro atoms. The van der Waals surface area contributed by atoms with Crippen LogP contribution in [0.4, 0.5) is 0 Å². The average Bonchev–Trinajstić information content (AvgIpc) is 2.85. The Kier molecular flexibility index (Phi) is 5.71. The highest BCUT2D eigenvalue weighted by atomic mass is 35.5. The molecule has 1 aromatic rings. The van der Waals surface area contributed by atoms with Crippen molar-refractivity contribution >= 4 is 23.9 Å². The predicted molar refractivity (Wildman–Crippen MR) is 83.9 cm³/mol. The Hall–Kier alpha value is -1.95. The van der Waals surface area contributed by atoms with Crippen molar-refractivity contribution in [1.29, 1.82) is 0 Å². The van der Waals surface area contributed by atoms with E-state index >= 15 is 0 Å². The Labute approximate surface area is 138 Å². The minimum Gasteiger partial charge on any atom is -0.466 e. The summed E-state index contributed by atoms with van der Waals surface area (Å²) in [5.74, 6) is -2.09. The number of carbonyl (C=O) groups is 2. The largest absolute Gasteiger partial charge is 0.466 e. The Bertz CT molecular complexity index is 606. The van der Waals surface area contributed by atoms with Gasteiger partial charge in [-0.3, -0.25) is 14.9 Å². The molecular formula is C16H18ClNO5. The summed E-state index contributed by atoms with van der Waals surface area (Å²) in [5, 5.41) is 12.0. The van der Waals surface area contributed by atoms with Crippen LogP contribution < -0.4 is 0 Å². The van der Waals surface area contributed by atoms with Crippen molar-refractivity contribution in [3.05, 3.63) is 45.0 Å². The van der Waals surface area contributed by atoms with Gasteiger partial charge in [-0.2, -0.15) is 0 Å². The van der Waals surface area contributed by atoms with E-state index in [2.05, 4.69) is 0 Å². The van der Waals surface area contributed by atoms with E-state index in [9.17, 15) is 19.7 Å². The van der Waals surface area contributed by atoms with Crippen molar-refractivity contribution in [2.75, 3.05) is 6.61 Å². The summed E-state index contributed by atoms with van der Waals surface area (Å²) in [7, 11) is 0. The summed E-state index contributed by atoms with van der Waals surface area (Å²) in [4.78, 5) is 34.3. The summed E-state index contributed by atoms with van der Waals surface area (Å²) in [5.41, 5.74) is 0.655. The van der Waals surface area contributed by atoms with Gasteiger partial charge in [-0.15, -0.1) is 0 Å². The van der Waals surface area contributed by atoms with Crippen LogP contribution in [0, 0.1) is 22.0 Å². The fourth-order valence-corrected chi connectivity index (χ4v) is 3.62. The lowest BCUT2D eigenvalue weighted by Crippen LogP contribution is -2.32. The molecule has 1 aliphatic rings. The smallest absolute Gasteiger partial charge is 0.306 e. The third kappa shape index (κ3) is 3.88. The molecule has 6 nitrogen and oxygen atoms in total. The highest BCUT2D eigenvalue weighted by Crippen LogP contribution is 2.45. The Morgan fingerprint density at radius 3 is 2.83 bits per heavy atom. The van der Waals surface area contributed by atoms with Gasteiger partial charge >= 0.3 is 5.97 Å². The molecule has 0 unspecified atom stereocenters. The van der Waals surface area contributed by atoms with E-state index in [1.54, 1.807) is 31.2 Å². The van der Waals surface area contributed by atoms with Crippen molar-refractivity contribution in [2.45, 2.75) is 31.7 Å². The second-order valence-corrected chi connectivity index (χ2v) is 6.10. The van der Waals surface area contributed by atoms with E-state index in [1.807, 2.05) is 0 Å². The molecule has 1 saturated carbocycles. The molecule has 0 amide bonds. The molecule has 0 heterocycles. The number of hydrogen-bond acceptors (Lipinski definition) is 5. The zero-order valence-corrected chi connectivity index (χ0v) is 13.4. The second kappa shape index (κ2) is 7.55. The summed E-state index contributed by atoms with van der Waals surface area (Å²) in [6.07, 6.45) is 0.985. The number of halogens is 1. The quantitative estimate of drug-likeness (QED) is 0.344. The minimum atomic E-state index is -1.01. The SMILES string of the molecule is CCOC(=O)C[C@H]1C[C@@H](C=O)[C@H](c2cccc(Cl)c2)[C@H]1[N+](=O)[O-]. The van der Waals surface area contributed by atoms with Gasteiger partial charge in [-0.05, 0) is 31.0 Å². The first kappa shape index (κ1) is 17.4. The predicted octanol–water partition coefficient (Wildman–Crippen LogP) is 2.86. The fraction of sp³-hybridized carbons (Fsp3) is 0.500. The standard InChI is InChI=1S/C16H18ClNO5/c1-2-23-14(20)8-11-6-12(9-19)15(16(11)18(21)22)10-4-3-5-13(17)7-10/h3-5,7,9,11-12,15-16H,2,6,8H2,1H3/t11-,12+,15+,16+/m1/s1. The molecule has 7 heteroatoms. The lowest BCUT2D eigenvalue weighted by molar-refractivity contribution is -0.532. The van der Waals surface area contributed by atoms with Crippen LogP contribution in [-0.2, 0) is 14.3 Å². The first-order valence-electron chi connectivity index (χ1n) is 7.47. The zero-order chi connectivity index (χ0) is 17.0. The molecule has 0 N–H and O–H groups in total. The molecule has 124 valence electrons. The first-order valence-corrected chi connectivity index (χ1v) is 7.85. The minimum absolute atomic E-state index is 0.0547. The van der Waals surface area contributed by atoms with Gasteiger partial charge in [-0.1, -0.05) is 23.7 Å². The van der Waals surface area contributed by atoms with Crippen LogP contribution in [0.5, 0.6) is 0 Å². The fourth-order valence-electron chi connectivity index (χ4n) is 3.42. The monoisotopic (exact) mass is 339 g/mol. The summed E-state index contributed by atoms with van der Waals surface area (Å²) in [6.45, 7) is 1.91. The maximum atomic E-state index is 11.7. The van der Waals surface area contributed by atoms with Gasteiger partial charge in [0.15, 0.2) is 0 Å². The second-order valence-electron chi connectivity index (χ2n) is 5.66. The van der Waals surface area contributed by atoms with Crippen LogP contribution in [0.2, 0.25) is 5.02 Å². The van der Waals surface area contributed by atoms with Gasteiger partial charge < -0.3 is 9.53 Å². The number of esters is 1. The maximum Gasteiger partial charge on any atom is 0.306 e. The number of hydrogen-bond donors (Lipinski definition) is 0. The molecule has 4 atom stereocenters. The molecule has 1 fully saturated rings. The van der Waals surface area contributed by atoms with Gasteiger partial charge in [-0.25, -0.2) is 0 Å². The highest BCUT2D eigenvalue weighted by Gasteiger charge is 2.52. The van der Waals surface area contributed by atoms with E-state index in [4.69, 9.17) is 16.3 Å². The number of benzene rings is 1. The molecule has 23 heavy (non-hydrogen) atoms. The molecule has 0 saturated heterocycles. The molecule has 2 rings (SSSR count). The van der Waals surface area contributed by atoms with E-state index in [-0.39, 0.29) is 18.0 Å². The average molecular weight is 340 g/mol. The summed E-state index contributed by atoms with van der Waals surface area (Å²) in [6, 6.07) is 5.75. The topological polar surface area (TPSA) is 86.5 Å². The first-order chi connectivity index (χ1) is 11.0. The van der Waals surface area contributed by atoms with Crippen LogP contribution in [-0.4, -0.2) is 29.8 Å². The van der Waals surface area contributed by atoms with Gasteiger partial charge in [0, 0.05) is 21.8 Å². The summed E-state index contributed by atoms with van der Waals surface area (Å²) < 4.78 is 4.89. The number of rotatable bonds is 6. The van der Waals surface area contributed by atoms with E-state index in [0.717, 1.165) is 6.29 Å². The van der Waals surface area contributed by atoms with Crippen LogP contribution in [0.3, 0.4) is 0 Å². The van der Waals surface area contributed by atoms with Crippen LogP contribution in [0.15, 0.2) is 24.3 Å². The normalized spacial score (nSPS) is 26.7. The van der Waals surface area contributed by atoms with Gasteiger partial charge in [0.25, 0.3) is 0 Å². The van der Waals surface area contributed by atoms with Gasteiger partial charge in [0.2, 0.25) is 6.04 Å². The van der Waals surface area contributed by atoms with E-state index < -0.39 is 29.8 Å². The van der Waals surface area contributed by atoms with Crippen LogP contribution >= 0.6 is 11.6 Å². The lowest BCUT2D eigenvalue weighted by Gasteiger charge is -2.19. The molecule has 0 aromatic heterocycles. The van der Waals surface area contributed by atoms with E-state index in [0.29, 0.717) is 17.0 Å². The van der Waals surface area contributed by atoms with Crippen molar-refractivity contribution in [3.63, 3.8) is 0 Å². The van der Waals surface area contributed by atoms with Crippen molar-refractivity contribution < 1.29 is 19.2 Å². The molecule has 1 aliphatic carbocycles. The van der Waals surface area contributed by atoms with Crippen molar-refractivity contribution in [2.24, 2.45) is 11.8 Å². The Balaban J connectivity index is 2.33. The van der Waals surface area contributed by atoms with Gasteiger partial charge in [0.1, 0.15) is 6.29 Å². The van der Waals surface area contributed by atoms with Crippen LogP contribution in [0.1, 0.15) is 31.2 Å². The zero-order valence-electron chi connectivity index (χ0n) is 12.7. The highest BCUT2D eigenvalue weighted by molar-refractivity contribution is 6.30. The third-order valence-electron chi connectivity index (χ3n) is 4.27. The third-order valence-corrected chi connectivity index (χ3v) is 4.51. The molecule has 0 bridgehead atoms. The van der Waals surface area contributed by atoms with Crippen LogP contribution in [0.25, 0.3) is 0 Å². The Morgan fingerprint density at radius 2 is 2.26 bits per heavy atom.